The van der Waals surface area contributed by atoms with Gasteiger partial charge in [0.05, 0.1) is 22.7 Å². The molecule has 0 atom stereocenters. The summed E-state index contributed by atoms with van der Waals surface area (Å²) in [6, 6.07) is 15.1. The van der Waals surface area contributed by atoms with Crippen molar-refractivity contribution in [2.45, 2.75) is 0 Å². The minimum Gasteiger partial charge on any atom is -0.496 e. The number of hydrogen-bond donors (Lipinski definition) is 1. The van der Waals surface area contributed by atoms with E-state index in [2.05, 4.69) is 31.2 Å². The second kappa shape index (κ2) is 8.66. The summed E-state index contributed by atoms with van der Waals surface area (Å²) in [5.41, 5.74) is 1.52. The average molecular weight is 500 g/mol. The van der Waals surface area contributed by atoms with E-state index in [1.54, 1.807) is 31.4 Å². The van der Waals surface area contributed by atoms with Crippen LogP contribution in [0.5, 0.6) is 5.75 Å². The molecule has 2 heterocycles. The maximum absolute atomic E-state index is 10.8. The molecule has 4 rings (SSSR count). The number of nitro groups is 1. The lowest BCUT2D eigenvalue weighted by Crippen LogP contribution is -1.95. The standard InChI is InChI=1S/C20H14BrN5O4S/c1-29-18-8-4-13(10-16(18)21)19-23-24-20(31)25(19)22-11-15-7-9-17(30-15)12-2-5-14(6-3-12)26(27)28/h2-11H,1H3,(H,24,31)/b22-11+. The molecule has 156 valence electrons. The minimum absolute atomic E-state index is 0.0177. The van der Waals surface area contributed by atoms with E-state index in [0.29, 0.717) is 33.4 Å². The molecule has 9 nitrogen and oxygen atoms in total. The number of ether oxygens (including phenoxy) is 1. The zero-order valence-electron chi connectivity index (χ0n) is 16.0. The van der Waals surface area contributed by atoms with Gasteiger partial charge in [0.2, 0.25) is 4.77 Å². The van der Waals surface area contributed by atoms with E-state index in [1.165, 1.54) is 23.0 Å². The van der Waals surface area contributed by atoms with E-state index in [-0.39, 0.29) is 5.69 Å². The molecular weight excluding hydrogens is 486 g/mol. The number of aromatic nitrogens is 3. The van der Waals surface area contributed by atoms with E-state index in [4.69, 9.17) is 21.4 Å². The van der Waals surface area contributed by atoms with Crippen molar-refractivity contribution < 1.29 is 14.1 Å². The van der Waals surface area contributed by atoms with E-state index >= 15 is 0 Å². The predicted molar refractivity (Wildman–Crippen MR) is 121 cm³/mol. The van der Waals surface area contributed by atoms with Crippen LogP contribution < -0.4 is 4.74 Å². The lowest BCUT2D eigenvalue weighted by molar-refractivity contribution is -0.384. The van der Waals surface area contributed by atoms with Crippen molar-refractivity contribution in [1.29, 1.82) is 0 Å². The van der Waals surface area contributed by atoms with Crippen molar-refractivity contribution in [3.8, 4) is 28.5 Å². The fourth-order valence-electron chi connectivity index (χ4n) is 2.83. The first-order valence-corrected chi connectivity index (χ1v) is 10.1. The molecule has 0 radical (unpaired) electrons. The first-order chi connectivity index (χ1) is 15.0. The van der Waals surface area contributed by atoms with Crippen molar-refractivity contribution in [1.82, 2.24) is 14.9 Å². The van der Waals surface area contributed by atoms with Gasteiger partial charge in [-0.05, 0) is 70.6 Å². The summed E-state index contributed by atoms with van der Waals surface area (Å²) in [5.74, 6) is 2.26. The summed E-state index contributed by atoms with van der Waals surface area (Å²) >= 11 is 8.75. The second-order valence-corrected chi connectivity index (χ2v) is 7.51. The molecule has 31 heavy (non-hydrogen) atoms. The Balaban J connectivity index is 1.60. The topological polar surface area (TPSA) is 111 Å². The minimum atomic E-state index is -0.447. The van der Waals surface area contributed by atoms with Gasteiger partial charge >= 0.3 is 0 Å². The Morgan fingerprint density at radius 2 is 1.97 bits per heavy atom. The molecule has 0 fully saturated rings. The van der Waals surface area contributed by atoms with Crippen LogP contribution in [0.2, 0.25) is 0 Å². The zero-order chi connectivity index (χ0) is 22.0. The van der Waals surface area contributed by atoms with Gasteiger partial charge in [0.1, 0.15) is 17.3 Å². The maximum atomic E-state index is 10.8. The van der Waals surface area contributed by atoms with Crippen LogP contribution in [0.1, 0.15) is 5.76 Å². The number of hydrogen-bond acceptors (Lipinski definition) is 7. The van der Waals surface area contributed by atoms with E-state index < -0.39 is 4.92 Å². The van der Waals surface area contributed by atoms with Gasteiger partial charge in [-0.3, -0.25) is 10.1 Å². The number of nitrogens with one attached hydrogen (secondary N) is 1. The fourth-order valence-corrected chi connectivity index (χ4v) is 3.55. The Kier molecular flexibility index (Phi) is 5.78. The first-order valence-electron chi connectivity index (χ1n) is 8.86. The normalized spacial score (nSPS) is 11.2. The highest BCUT2D eigenvalue weighted by Gasteiger charge is 2.12. The molecule has 0 aliphatic heterocycles. The third-order valence-electron chi connectivity index (χ3n) is 4.35. The van der Waals surface area contributed by atoms with Crippen LogP contribution in [-0.2, 0) is 0 Å². The third kappa shape index (κ3) is 4.32. The van der Waals surface area contributed by atoms with Gasteiger partial charge in [0.15, 0.2) is 5.82 Å². The zero-order valence-corrected chi connectivity index (χ0v) is 18.4. The highest BCUT2D eigenvalue weighted by molar-refractivity contribution is 9.10. The summed E-state index contributed by atoms with van der Waals surface area (Å²) in [5, 5.41) is 22.2. The molecule has 0 bridgehead atoms. The number of methoxy groups -OCH3 is 1. The van der Waals surface area contributed by atoms with Crippen molar-refractivity contribution in [3.05, 3.63) is 79.7 Å². The predicted octanol–water partition coefficient (Wildman–Crippen LogP) is 5.43. The summed E-state index contributed by atoms with van der Waals surface area (Å²) in [6.07, 6.45) is 1.52. The summed E-state index contributed by atoms with van der Waals surface area (Å²) in [7, 11) is 1.59. The smallest absolute Gasteiger partial charge is 0.269 e. The number of aromatic amines is 1. The van der Waals surface area contributed by atoms with Crippen LogP contribution in [-0.4, -0.2) is 33.1 Å². The summed E-state index contributed by atoms with van der Waals surface area (Å²) in [6.45, 7) is 0. The molecule has 2 aromatic heterocycles. The number of H-pyrrole nitrogens is 1. The molecule has 0 aliphatic carbocycles. The Labute approximate surface area is 189 Å². The van der Waals surface area contributed by atoms with Crippen LogP contribution in [0.3, 0.4) is 0 Å². The second-order valence-electron chi connectivity index (χ2n) is 6.26. The van der Waals surface area contributed by atoms with Gasteiger partial charge in [-0.25, -0.2) is 5.10 Å². The number of benzene rings is 2. The van der Waals surface area contributed by atoms with Crippen molar-refractivity contribution >= 4 is 40.0 Å². The highest BCUT2D eigenvalue weighted by Crippen LogP contribution is 2.30. The van der Waals surface area contributed by atoms with Gasteiger partial charge < -0.3 is 9.15 Å². The molecule has 4 aromatic rings. The Morgan fingerprint density at radius 3 is 2.65 bits per heavy atom. The Bertz CT molecular complexity index is 1340. The SMILES string of the molecule is COc1ccc(-c2n[nH]c(=S)n2/N=C/c2ccc(-c3ccc([N+](=O)[O-])cc3)o2)cc1Br. The number of nitrogens with zero attached hydrogens (tertiary/aromatic N) is 4. The van der Waals surface area contributed by atoms with Crippen LogP contribution in [0.4, 0.5) is 5.69 Å². The largest absolute Gasteiger partial charge is 0.496 e. The van der Waals surface area contributed by atoms with E-state index in [1.807, 2.05) is 18.2 Å². The third-order valence-corrected chi connectivity index (χ3v) is 5.23. The lowest BCUT2D eigenvalue weighted by atomic mass is 10.1. The molecule has 0 amide bonds. The lowest BCUT2D eigenvalue weighted by Gasteiger charge is -2.05. The summed E-state index contributed by atoms with van der Waals surface area (Å²) in [4.78, 5) is 10.3. The van der Waals surface area contributed by atoms with Crippen LogP contribution in [0.15, 0.2) is 68.6 Å². The first kappa shape index (κ1) is 20.7. The maximum Gasteiger partial charge on any atom is 0.269 e. The molecular formula is C20H14BrN5O4S. The Morgan fingerprint density at radius 1 is 1.23 bits per heavy atom. The summed E-state index contributed by atoms with van der Waals surface area (Å²) < 4.78 is 13.6. The van der Waals surface area contributed by atoms with Crippen LogP contribution in [0, 0.1) is 14.9 Å². The van der Waals surface area contributed by atoms with Crippen molar-refractivity contribution in [3.63, 3.8) is 0 Å². The average Bonchev–Trinajstić information content (AvgIpc) is 3.39. The van der Waals surface area contributed by atoms with Gasteiger partial charge in [-0.15, -0.1) is 0 Å². The molecule has 2 aromatic carbocycles. The van der Waals surface area contributed by atoms with Gasteiger partial charge in [0, 0.05) is 23.3 Å². The monoisotopic (exact) mass is 499 g/mol. The molecule has 1 N–H and O–H groups in total. The van der Waals surface area contributed by atoms with Gasteiger partial charge in [0.25, 0.3) is 5.69 Å². The van der Waals surface area contributed by atoms with Crippen molar-refractivity contribution in [2.75, 3.05) is 7.11 Å². The Hall–Kier alpha value is -3.57. The van der Waals surface area contributed by atoms with Crippen LogP contribution in [0.25, 0.3) is 22.7 Å². The van der Waals surface area contributed by atoms with E-state index in [9.17, 15) is 10.1 Å². The van der Waals surface area contributed by atoms with Gasteiger partial charge in [-0.1, -0.05) is 0 Å². The number of rotatable bonds is 6. The molecule has 0 saturated heterocycles. The van der Waals surface area contributed by atoms with Crippen LogP contribution >= 0.6 is 28.1 Å². The van der Waals surface area contributed by atoms with E-state index in [0.717, 1.165) is 10.0 Å². The highest BCUT2D eigenvalue weighted by atomic mass is 79.9. The number of nitro benzene ring substituents is 1. The number of non-ortho nitro benzene ring substituents is 1. The molecule has 0 saturated carbocycles. The molecule has 0 spiro atoms. The van der Waals surface area contributed by atoms with Gasteiger partial charge in [-0.2, -0.15) is 14.9 Å². The quantitative estimate of drug-likeness (QED) is 0.164. The molecule has 0 aliphatic rings. The molecule has 11 heteroatoms. The number of furan rings is 1. The number of halogens is 1. The molecule has 0 unspecified atom stereocenters. The fraction of sp³-hybridized carbons (Fsp3) is 0.0500. The van der Waals surface area contributed by atoms with Crippen molar-refractivity contribution in [2.24, 2.45) is 5.10 Å².